The molecule has 0 spiro atoms. The van der Waals surface area contributed by atoms with Gasteiger partial charge in [-0.2, -0.15) is 0 Å². The summed E-state index contributed by atoms with van der Waals surface area (Å²) in [6, 6.07) is 15.8. The highest BCUT2D eigenvalue weighted by Gasteiger charge is 2.13. The number of aryl methyl sites for hydroxylation is 2. The first-order chi connectivity index (χ1) is 14.8. The molecule has 1 N–H and O–H groups in total. The van der Waals surface area contributed by atoms with Gasteiger partial charge in [0, 0.05) is 23.2 Å². The normalized spacial score (nSPS) is 11.1. The summed E-state index contributed by atoms with van der Waals surface area (Å²) >= 11 is 0. The van der Waals surface area contributed by atoms with Crippen LogP contribution in [-0.4, -0.2) is 25.4 Å². The predicted octanol–water partition coefficient (Wildman–Crippen LogP) is 4.17. The molecule has 1 amide bonds. The van der Waals surface area contributed by atoms with E-state index in [0.29, 0.717) is 39.6 Å². The van der Waals surface area contributed by atoms with E-state index >= 15 is 0 Å². The molecule has 0 aliphatic heterocycles. The summed E-state index contributed by atoms with van der Waals surface area (Å²) in [7, 11) is 0. The van der Waals surface area contributed by atoms with Crippen LogP contribution in [0.15, 0.2) is 59.4 Å². The predicted molar refractivity (Wildman–Crippen MR) is 121 cm³/mol. The van der Waals surface area contributed by atoms with Crippen LogP contribution in [0.3, 0.4) is 0 Å². The Bertz CT molecular complexity index is 1340. The highest BCUT2D eigenvalue weighted by Crippen LogP contribution is 2.16. The summed E-state index contributed by atoms with van der Waals surface area (Å²) in [5, 5.41) is 3.38. The smallest absolute Gasteiger partial charge is 0.265 e. The largest absolute Gasteiger partial charge is 0.306 e. The molecule has 7 heteroatoms. The zero-order chi connectivity index (χ0) is 22.1. The second kappa shape index (κ2) is 8.10. The van der Waals surface area contributed by atoms with Crippen molar-refractivity contribution in [3.05, 3.63) is 87.9 Å². The van der Waals surface area contributed by atoms with E-state index in [0.717, 1.165) is 5.69 Å². The van der Waals surface area contributed by atoms with Crippen molar-refractivity contribution in [1.29, 1.82) is 0 Å². The molecule has 0 bridgehead atoms. The van der Waals surface area contributed by atoms with Crippen molar-refractivity contribution in [1.82, 2.24) is 19.5 Å². The van der Waals surface area contributed by atoms with E-state index in [1.54, 1.807) is 47.9 Å². The average molecular weight is 413 g/mol. The number of fused-ring (bicyclic) bond motifs is 1. The van der Waals surface area contributed by atoms with Crippen LogP contribution in [0.1, 0.15) is 47.5 Å². The minimum Gasteiger partial charge on any atom is -0.306 e. The van der Waals surface area contributed by atoms with Gasteiger partial charge in [0.15, 0.2) is 0 Å². The molecule has 7 nitrogen and oxygen atoms in total. The molecule has 0 radical (unpaired) electrons. The number of hydrogen-bond donors (Lipinski definition) is 1. The van der Waals surface area contributed by atoms with Crippen LogP contribution in [0.25, 0.3) is 16.6 Å². The number of anilines is 1. The Morgan fingerprint density at radius 3 is 2.39 bits per heavy atom. The number of nitrogens with one attached hydrogen (secondary N) is 1. The van der Waals surface area contributed by atoms with E-state index in [9.17, 15) is 9.59 Å². The van der Waals surface area contributed by atoms with E-state index in [1.165, 1.54) is 0 Å². The lowest BCUT2D eigenvalue weighted by molar-refractivity contribution is 0.102. The highest BCUT2D eigenvalue weighted by molar-refractivity contribution is 6.03. The molecule has 0 unspecified atom stereocenters. The number of hydrogen-bond acceptors (Lipinski definition) is 5. The molecule has 0 fully saturated rings. The number of carbonyl (C=O) groups excluding carboxylic acids is 1. The molecule has 2 aromatic heterocycles. The molecule has 156 valence electrons. The van der Waals surface area contributed by atoms with Gasteiger partial charge < -0.3 is 5.32 Å². The van der Waals surface area contributed by atoms with Gasteiger partial charge in [-0.1, -0.05) is 26.0 Å². The van der Waals surface area contributed by atoms with Crippen LogP contribution in [0.2, 0.25) is 0 Å². The number of rotatable bonds is 4. The number of carbonyl (C=O) groups is 1. The zero-order valence-electron chi connectivity index (χ0n) is 17.9. The Hall–Kier alpha value is -3.87. The molecule has 4 rings (SSSR count). The lowest BCUT2D eigenvalue weighted by Gasteiger charge is -2.12. The number of benzene rings is 2. The van der Waals surface area contributed by atoms with Crippen molar-refractivity contribution in [2.45, 2.75) is 33.6 Å². The molecule has 31 heavy (non-hydrogen) atoms. The van der Waals surface area contributed by atoms with Gasteiger partial charge in [-0.05, 0) is 50.2 Å². The third-order valence-corrected chi connectivity index (χ3v) is 4.96. The van der Waals surface area contributed by atoms with Crippen molar-refractivity contribution in [3.63, 3.8) is 0 Å². The first-order valence-electron chi connectivity index (χ1n) is 10.1. The van der Waals surface area contributed by atoms with E-state index in [2.05, 4.69) is 20.3 Å². The second-order valence-electron chi connectivity index (χ2n) is 7.73. The summed E-state index contributed by atoms with van der Waals surface area (Å²) in [4.78, 5) is 39.0. The van der Waals surface area contributed by atoms with E-state index in [4.69, 9.17) is 0 Å². The minimum absolute atomic E-state index is 0.141. The highest BCUT2D eigenvalue weighted by atomic mass is 16.1. The fourth-order valence-electron chi connectivity index (χ4n) is 3.41. The monoisotopic (exact) mass is 413 g/mol. The first kappa shape index (κ1) is 20.4. The fraction of sp³-hybridized carbons (Fsp3) is 0.208. The lowest BCUT2D eigenvalue weighted by atomic mass is 10.1. The van der Waals surface area contributed by atoms with Crippen LogP contribution in [-0.2, 0) is 0 Å². The van der Waals surface area contributed by atoms with Crippen LogP contribution in [0.4, 0.5) is 5.82 Å². The van der Waals surface area contributed by atoms with Gasteiger partial charge in [0.05, 0.1) is 16.6 Å². The van der Waals surface area contributed by atoms with Gasteiger partial charge in [0.25, 0.3) is 11.5 Å². The molecule has 2 heterocycles. The van der Waals surface area contributed by atoms with Crippen LogP contribution in [0.5, 0.6) is 0 Å². The average Bonchev–Trinajstić information content (AvgIpc) is 2.73. The lowest BCUT2D eigenvalue weighted by Crippen LogP contribution is -2.22. The second-order valence-corrected chi connectivity index (χ2v) is 7.73. The molecule has 0 saturated heterocycles. The SMILES string of the molecule is Cc1cc(NC(=O)c2ccc(-n3c(C)nc4ccccc4c3=O)cc2)nc(C(C)C)n1. The summed E-state index contributed by atoms with van der Waals surface area (Å²) in [5.74, 6) is 1.62. The molecule has 4 aromatic rings. The van der Waals surface area contributed by atoms with E-state index in [-0.39, 0.29) is 17.4 Å². The molecule has 0 aliphatic rings. The number of amides is 1. The van der Waals surface area contributed by atoms with Gasteiger partial charge in [-0.3, -0.25) is 14.2 Å². The molecular formula is C24H23N5O2. The molecule has 0 aliphatic carbocycles. The summed E-state index contributed by atoms with van der Waals surface area (Å²) < 4.78 is 1.55. The van der Waals surface area contributed by atoms with Crippen LogP contribution < -0.4 is 10.9 Å². The Balaban J connectivity index is 1.63. The Labute approximate surface area is 179 Å². The van der Waals surface area contributed by atoms with Gasteiger partial charge in [0.2, 0.25) is 0 Å². The summed E-state index contributed by atoms with van der Waals surface area (Å²) in [6.07, 6.45) is 0. The summed E-state index contributed by atoms with van der Waals surface area (Å²) in [6.45, 7) is 7.67. The first-order valence-corrected chi connectivity index (χ1v) is 10.1. The number of nitrogens with zero attached hydrogens (tertiary/aromatic N) is 4. The van der Waals surface area contributed by atoms with Crippen LogP contribution >= 0.6 is 0 Å². The minimum atomic E-state index is -0.278. The van der Waals surface area contributed by atoms with Gasteiger partial charge >= 0.3 is 0 Å². The Morgan fingerprint density at radius 2 is 1.68 bits per heavy atom. The maximum atomic E-state index is 13.0. The topological polar surface area (TPSA) is 89.8 Å². The molecular weight excluding hydrogens is 390 g/mol. The molecule has 2 aromatic carbocycles. The number of aromatic nitrogens is 4. The standard InChI is InChI=1S/C24H23N5O2/c1-14(2)22-25-15(3)13-21(27-22)28-23(30)17-9-11-18(12-10-17)29-16(4)26-20-8-6-5-7-19(20)24(29)31/h5-14H,1-4H3,(H,25,27,28,30). The van der Waals surface area contributed by atoms with Crippen LogP contribution in [0, 0.1) is 13.8 Å². The maximum absolute atomic E-state index is 13.0. The molecule has 0 saturated carbocycles. The Morgan fingerprint density at radius 1 is 0.968 bits per heavy atom. The Kier molecular flexibility index (Phi) is 5.33. The van der Waals surface area contributed by atoms with E-state index in [1.807, 2.05) is 39.0 Å². The van der Waals surface area contributed by atoms with Crippen molar-refractivity contribution in [3.8, 4) is 5.69 Å². The van der Waals surface area contributed by atoms with Crippen molar-refractivity contribution < 1.29 is 4.79 Å². The van der Waals surface area contributed by atoms with Gasteiger partial charge in [-0.25, -0.2) is 15.0 Å². The molecule has 0 atom stereocenters. The summed E-state index contributed by atoms with van der Waals surface area (Å²) in [5.41, 5.74) is 2.43. The quantitative estimate of drug-likeness (QED) is 0.542. The van der Waals surface area contributed by atoms with E-state index < -0.39 is 0 Å². The van der Waals surface area contributed by atoms with Gasteiger partial charge in [-0.15, -0.1) is 0 Å². The third-order valence-electron chi connectivity index (χ3n) is 4.96. The van der Waals surface area contributed by atoms with Crippen molar-refractivity contribution >= 4 is 22.6 Å². The van der Waals surface area contributed by atoms with Crippen molar-refractivity contribution in [2.24, 2.45) is 0 Å². The maximum Gasteiger partial charge on any atom is 0.265 e. The zero-order valence-corrected chi connectivity index (χ0v) is 17.9. The number of para-hydroxylation sites is 1. The van der Waals surface area contributed by atoms with Crippen molar-refractivity contribution in [2.75, 3.05) is 5.32 Å². The van der Waals surface area contributed by atoms with Gasteiger partial charge in [0.1, 0.15) is 17.5 Å². The fourth-order valence-corrected chi connectivity index (χ4v) is 3.41. The third kappa shape index (κ3) is 4.07.